The van der Waals surface area contributed by atoms with Crippen molar-refractivity contribution in [2.75, 3.05) is 0 Å². The predicted octanol–water partition coefficient (Wildman–Crippen LogP) is 6.54. The number of halogens is 2. The van der Waals surface area contributed by atoms with E-state index in [0.29, 0.717) is 5.56 Å². The molecular formula is C23H27F2N. The first-order valence-electron chi connectivity index (χ1n) is 8.95. The van der Waals surface area contributed by atoms with E-state index in [1.807, 2.05) is 32.0 Å². The molecule has 0 saturated heterocycles. The zero-order valence-corrected chi connectivity index (χ0v) is 16.2. The van der Waals surface area contributed by atoms with Gasteiger partial charge in [0.25, 0.3) is 0 Å². The number of nitrogens with one attached hydrogen (secondary N) is 1. The van der Waals surface area contributed by atoms with E-state index in [2.05, 4.69) is 19.9 Å². The van der Waals surface area contributed by atoms with Crippen LogP contribution in [0.2, 0.25) is 0 Å². The van der Waals surface area contributed by atoms with Gasteiger partial charge in [-0.1, -0.05) is 49.8 Å². The van der Waals surface area contributed by atoms with Crippen molar-refractivity contribution in [3.8, 4) is 0 Å². The Morgan fingerprint density at radius 3 is 2.38 bits per heavy atom. The monoisotopic (exact) mass is 355 g/mol. The van der Waals surface area contributed by atoms with E-state index in [1.165, 1.54) is 23.9 Å². The second kappa shape index (κ2) is 7.94. The number of rotatable bonds is 6. The van der Waals surface area contributed by atoms with E-state index in [9.17, 15) is 8.78 Å². The average Bonchev–Trinajstić information content (AvgIpc) is 2.63. The van der Waals surface area contributed by atoms with Crippen molar-refractivity contribution in [2.24, 2.45) is 0 Å². The fourth-order valence-electron chi connectivity index (χ4n) is 3.04. The van der Waals surface area contributed by atoms with Gasteiger partial charge in [-0.3, -0.25) is 0 Å². The summed E-state index contributed by atoms with van der Waals surface area (Å²) in [6.07, 6.45) is 4.54. The summed E-state index contributed by atoms with van der Waals surface area (Å²) in [5.74, 6) is -1.08. The SMILES string of the molecule is CC/C(C)=C/c1ccc(C(C)(C=N)Cc2c(F)ccc(C)c2F)cc1C. The van der Waals surface area contributed by atoms with Crippen LogP contribution in [0.5, 0.6) is 0 Å². The van der Waals surface area contributed by atoms with Gasteiger partial charge in [0.05, 0.1) is 0 Å². The maximum Gasteiger partial charge on any atom is 0.132 e. The van der Waals surface area contributed by atoms with Crippen molar-refractivity contribution >= 4 is 12.3 Å². The molecule has 0 radical (unpaired) electrons. The van der Waals surface area contributed by atoms with Crippen LogP contribution in [0.3, 0.4) is 0 Å². The maximum absolute atomic E-state index is 14.4. The van der Waals surface area contributed by atoms with Crippen molar-refractivity contribution in [2.45, 2.75) is 52.9 Å². The second-order valence-electron chi connectivity index (χ2n) is 7.31. The number of hydrogen-bond donors (Lipinski definition) is 1. The largest absolute Gasteiger partial charge is 0.312 e. The van der Waals surface area contributed by atoms with Crippen LogP contribution in [0.15, 0.2) is 35.9 Å². The average molecular weight is 355 g/mol. The van der Waals surface area contributed by atoms with E-state index in [4.69, 9.17) is 5.41 Å². The molecule has 138 valence electrons. The molecule has 0 heterocycles. The molecule has 0 spiro atoms. The van der Waals surface area contributed by atoms with Crippen LogP contribution in [0.1, 0.15) is 55.0 Å². The van der Waals surface area contributed by atoms with Gasteiger partial charge in [-0.05, 0) is 61.9 Å². The maximum atomic E-state index is 14.4. The lowest BCUT2D eigenvalue weighted by Gasteiger charge is -2.27. The molecule has 0 amide bonds. The summed E-state index contributed by atoms with van der Waals surface area (Å²) in [6.45, 7) is 9.71. The lowest BCUT2D eigenvalue weighted by atomic mass is 9.77. The first-order chi connectivity index (χ1) is 12.2. The molecule has 0 saturated carbocycles. The van der Waals surface area contributed by atoms with Crippen LogP contribution in [0, 0.1) is 30.9 Å². The van der Waals surface area contributed by atoms with Gasteiger partial charge >= 0.3 is 0 Å². The molecule has 2 rings (SSSR count). The van der Waals surface area contributed by atoms with Crippen LogP contribution in [0.4, 0.5) is 8.78 Å². The quantitative estimate of drug-likeness (QED) is 0.569. The zero-order valence-electron chi connectivity index (χ0n) is 16.2. The first-order valence-corrected chi connectivity index (χ1v) is 8.95. The lowest BCUT2D eigenvalue weighted by Crippen LogP contribution is -2.28. The Morgan fingerprint density at radius 1 is 1.12 bits per heavy atom. The van der Waals surface area contributed by atoms with Gasteiger partial charge in [0, 0.05) is 17.2 Å². The number of benzene rings is 2. The van der Waals surface area contributed by atoms with Gasteiger partial charge < -0.3 is 5.41 Å². The summed E-state index contributed by atoms with van der Waals surface area (Å²) >= 11 is 0. The van der Waals surface area contributed by atoms with Gasteiger partial charge in [0.1, 0.15) is 11.6 Å². The Kier molecular flexibility index (Phi) is 6.12. The van der Waals surface area contributed by atoms with Gasteiger partial charge in [0.2, 0.25) is 0 Å². The second-order valence-corrected chi connectivity index (χ2v) is 7.31. The number of allylic oxidation sites excluding steroid dienone is 1. The summed E-state index contributed by atoms with van der Waals surface area (Å²) in [7, 11) is 0. The third kappa shape index (κ3) is 4.09. The highest BCUT2D eigenvalue weighted by Crippen LogP contribution is 2.31. The summed E-state index contributed by atoms with van der Waals surface area (Å²) in [5, 5.41) is 7.92. The molecule has 1 atom stereocenters. The summed E-state index contributed by atoms with van der Waals surface area (Å²) in [4.78, 5) is 0. The van der Waals surface area contributed by atoms with Crippen molar-refractivity contribution in [3.05, 3.63) is 75.4 Å². The molecule has 0 aliphatic carbocycles. The third-order valence-corrected chi connectivity index (χ3v) is 5.13. The number of hydrogen-bond acceptors (Lipinski definition) is 1. The Labute approximate surface area is 155 Å². The minimum Gasteiger partial charge on any atom is -0.312 e. The van der Waals surface area contributed by atoms with E-state index in [0.717, 1.165) is 23.1 Å². The highest BCUT2D eigenvalue weighted by Gasteiger charge is 2.28. The van der Waals surface area contributed by atoms with Crippen molar-refractivity contribution in [1.29, 1.82) is 5.41 Å². The van der Waals surface area contributed by atoms with Crippen molar-refractivity contribution in [1.82, 2.24) is 0 Å². The van der Waals surface area contributed by atoms with E-state index in [-0.39, 0.29) is 12.0 Å². The van der Waals surface area contributed by atoms with Gasteiger partial charge in [-0.2, -0.15) is 0 Å². The molecular weight excluding hydrogens is 328 g/mol. The molecule has 0 aliphatic rings. The number of aryl methyl sites for hydroxylation is 2. The van der Waals surface area contributed by atoms with Gasteiger partial charge in [-0.25, -0.2) is 8.78 Å². The lowest BCUT2D eigenvalue weighted by molar-refractivity contribution is 0.520. The van der Waals surface area contributed by atoms with Crippen LogP contribution in [-0.4, -0.2) is 6.21 Å². The predicted molar refractivity (Wildman–Crippen MR) is 106 cm³/mol. The van der Waals surface area contributed by atoms with Crippen molar-refractivity contribution < 1.29 is 8.78 Å². The molecule has 2 aromatic carbocycles. The molecule has 1 nitrogen and oxygen atoms in total. The smallest absolute Gasteiger partial charge is 0.132 e. The Morgan fingerprint density at radius 2 is 1.81 bits per heavy atom. The Balaban J connectivity index is 2.46. The highest BCUT2D eigenvalue weighted by atomic mass is 19.1. The molecule has 26 heavy (non-hydrogen) atoms. The van der Waals surface area contributed by atoms with Crippen LogP contribution >= 0.6 is 0 Å². The molecule has 0 fully saturated rings. The fraction of sp³-hybridized carbons (Fsp3) is 0.348. The van der Waals surface area contributed by atoms with Crippen LogP contribution < -0.4 is 0 Å². The zero-order chi connectivity index (χ0) is 19.5. The Hall–Kier alpha value is -2.29. The molecule has 0 aliphatic heterocycles. The van der Waals surface area contributed by atoms with E-state index < -0.39 is 17.0 Å². The van der Waals surface area contributed by atoms with Gasteiger partial charge in [0.15, 0.2) is 0 Å². The van der Waals surface area contributed by atoms with E-state index >= 15 is 0 Å². The standard InChI is InChI=1S/C23H27F2N/c1-6-15(2)11-18-8-9-19(12-17(18)4)23(5,14-26)13-20-21(24)10-7-16(3)22(20)25/h7-12,14,26H,6,13H2,1-5H3/b15-11+,26-14?. The molecule has 1 N–H and O–H groups in total. The Bertz CT molecular complexity index is 852. The molecule has 0 bridgehead atoms. The fourth-order valence-corrected chi connectivity index (χ4v) is 3.04. The highest BCUT2D eigenvalue weighted by molar-refractivity contribution is 5.72. The molecule has 2 aromatic rings. The van der Waals surface area contributed by atoms with E-state index in [1.54, 1.807) is 6.92 Å². The summed E-state index contributed by atoms with van der Waals surface area (Å²) in [6, 6.07) is 8.74. The summed E-state index contributed by atoms with van der Waals surface area (Å²) < 4.78 is 28.7. The first kappa shape index (κ1) is 20.0. The molecule has 1 unspecified atom stereocenters. The topological polar surface area (TPSA) is 23.9 Å². The minimum atomic E-state index is -0.776. The van der Waals surface area contributed by atoms with Crippen LogP contribution in [0.25, 0.3) is 6.08 Å². The molecule has 0 aromatic heterocycles. The molecule has 3 heteroatoms. The van der Waals surface area contributed by atoms with Gasteiger partial charge in [-0.15, -0.1) is 0 Å². The van der Waals surface area contributed by atoms with Crippen LogP contribution in [-0.2, 0) is 11.8 Å². The van der Waals surface area contributed by atoms with Crippen molar-refractivity contribution in [3.63, 3.8) is 0 Å². The minimum absolute atomic E-state index is 0.0412. The normalized spacial score (nSPS) is 14.2. The third-order valence-electron chi connectivity index (χ3n) is 5.13. The summed E-state index contributed by atoms with van der Waals surface area (Å²) in [5.41, 5.74) is 4.08.